The molecule has 0 saturated carbocycles. The van der Waals surface area contributed by atoms with E-state index >= 15 is 0 Å². The Bertz CT molecular complexity index is 460. The first kappa shape index (κ1) is 14.6. The van der Waals surface area contributed by atoms with Gasteiger partial charge in [-0.2, -0.15) is 0 Å². The Labute approximate surface area is 118 Å². The van der Waals surface area contributed by atoms with Crippen molar-refractivity contribution in [3.63, 3.8) is 0 Å². The summed E-state index contributed by atoms with van der Waals surface area (Å²) in [4.78, 5) is 0. The third-order valence-corrected chi connectivity index (χ3v) is 4.22. The minimum atomic E-state index is 0.160. The molecular weight excluding hydrogens is 232 g/mol. The van der Waals surface area contributed by atoms with Crippen LogP contribution < -0.4 is 5.73 Å². The van der Waals surface area contributed by atoms with Crippen molar-refractivity contribution in [2.24, 2.45) is 11.1 Å². The summed E-state index contributed by atoms with van der Waals surface area (Å²) in [5.74, 6) is 0. The molecule has 1 aliphatic rings. The lowest BCUT2D eigenvalue weighted by atomic mass is 9.81. The normalized spacial score (nSPS) is 20.5. The third-order valence-electron chi connectivity index (χ3n) is 4.22. The van der Waals surface area contributed by atoms with Gasteiger partial charge in [-0.15, -0.1) is 0 Å². The Morgan fingerprint density at radius 2 is 1.89 bits per heavy atom. The fourth-order valence-corrected chi connectivity index (χ4v) is 4.16. The van der Waals surface area contributed by atoms with E-state index in [9.17, 15) is 0 Å². The number of nitrogens with two attached hydrogens (primary N) is 1. The first-order valence-corrected chi connectivity index (χ1v) is 7.59. The van der Waals surface area contributed by atoms with Crippen LogP contribution in [-0.2, 0) is 12.0 Å². The molecule has 0 aromatic carbocycles. The summed E-state index contributed by atoms with van der Waals surface area (Å²) < 4.78 is 2.56. The topological polar surface area (TPSA) is 30.9 Å². The third kappa shape index (κ3) is 2.89. The van der Waals surface area contributed by atoms with E-state index in [1.807, 2.05) is 0 Å². The average molecular weight is 262 g/mol. The molecule has 1 aromatic heterocycles. The lowest BCUT2D eigenvalue weighted by Crippen LogP contribution is -2.34. The van der Waals surface area contributed by atoms with E-state index in [4.69, 9.17) is 5.73 Å². The van der Waals surface area contributed by atoms with Gasteiger partial charge in [-0.25, -0.2) is 0 Å². The Morgan fingerprint density at radius 3 is 2.47 bits per heavy atom. The number of aryl methyl sites for hydroxylation is 1. The Morgan fingerprint density at radius 1 is 1.26 bits per heavy atom. The maximum atomic E-state index is 6.29. The second-order valence-corrected chi connectivity index (χ2v) is 8.07. The van der Waals surface area contributed by atoms with Crippen molar-refractivity contribution in [3.8, 4) is 0 Å². The Balaban J connectivity index is 2.45. The van der Waals surface area contributed by atoms with Gasteiger partial charge in [0.15, 0.2) is 0 Å². The zero-order valence-corrected chi connectivity index (χ0v) is 13.5. The summed E-state index contributed by atoms with van der Waals surface area (Å²) in [6.45, 7) is 13.9. The van der Waals surface area contributed by atoms with Gasteiger partial charge in [0, 0.05) is 23.0 Å². The summed E-state index contributed by atoms with van der Waals surface area (Å²) >= 11 is 0. The Kier molecular flexibility index (Phi) is 3.59. The van der Waals surface area contributed by atoms with Gasteiger partial charge in [0.25, 0.3) is 0 Å². The van der Waals surface area contributed by atoms with Gasteiger partial charge in [0.2, 0.25) is 0 Å². The number of aromatic nitrogens is 1. The maximum absolute atomic E-state index is 6.29. The highest BCUT2D eigenvalue weighted by Gasteiger charge is 2.32. The molecule has 0 spiro atoms. The van der Waals surface area contributed by atoms with Crippen molar-refractivity contribution in [1.82, 2.24) is 4.57 Å². The van der Waals surface area contributed by atoms with Crippen LogP contribution >= 0.6 is 0 Å². The molecule has 0 amide bonds. The van der Waals surface area contributed by atoms with E-state index < -0.39 is 0 Å². The van der Waals surface area contributed by atoms with E-state index in [-0.39, 0.29) is 11.6 Å². The molecular formula is C17H30N2. The minimum Gasteiger partial charge on any atom is -0.343 e. The molecule has 0 fully saturated rings. The summed E-state index contributed by atoms with van der Waals surface area (Å²) in [6, 6.07) is 2.57. The standard InChI is InChI=1S/C17H30N2/c1-12-10-13-14(18)8-7-9-15(13)19(12)17(5,6)11-16(2,3)4/h10,14H,7-9,11,18H2,1-6H3. The summed E-state index contributed by atoms with van der Waals surface area (Å²) in [5, 5.41) is 0. The molecule has 2 heteroatoms. The number of rotatable bonds is 2. The Hall–Kier alpha value is -0.760. The van der Waals surface area contributed by atoms with Crippen LogP contribution in [0.4, 0.5) is 0 Å². The van der Waals surface area contributed by atoms with E-state index in [0.29, 0.717) is 5.41 Å². The van der Waals surface area contributed by atoms with Gasteiger partial charge in [-0.1, -0.05) is 20.8 Å². The zero-order valence-electron chi connectivity index (χ0n) is 13.5. The molecule has 1 atom stereocenters. The van der Waals surface area contributed by atoms with Crippen molar-refractivity contribution < 1.29 is 0 Å². The smallest absolute Gasteiger partial charge is 0.0394 e. The SMILES string of the molecule is Cc1cc2c(n1C(C)(C)CC(C)(C)C)CCCC2N. The van der Waals surface area contributed by atoms with Crippen LogP contribution in [0.1, 0.15) is 76.9 Å². The largest absolute Gasteiger partial charge is 0.343 e. The quantitative estimate of drug-likeness (QED) is 0.846. The van der Waals surface area contributed by atoms with Crippen molar-refractivity contribution in [2.75, 3.05) is 0 Å². The number of nitrogens with zero attached hydrogens (tertiary/aromatic N) is 1. The van der Waals surface area contributed by atoms with Crippen LogP contribution in [0.15, 0.2) is 6.07 Å². The molecule has 19 heavy (non-hydrogen) atoms. The van der Waals surface area contributed by atoms with Gasteiger partial charge in [-0.05, 0) is 63.5 Å². The van der Waals surface area contributed by atoms with Crippen molar-refractivity contribution >= 4 is 0 Å². The molecule has 108 valence electrons. The first-order chi connectivity index (χ1) is 8.62. The molecule has 2 rings (SSSR count). The molecule has 0 saturated heterocycles. The zero-order chi connectivity index (χ0) is 14.4. The predicted octanol–water partition coefficient (Wildman–Crippen LogP) is 4.30. The highest BCUT2D eigenvalue weighted by Crippen LogP contribution is 2.39. The molecule has 1 unspecified atom stereocenters. The molecule has 1 heterocycles. The van der Waals surface area contributed by atoms with Gasteiger partial charge >= 0.3 is 0 Å². The average Bonchev–Trinajstić information content (AvgIpc) is 2.52. The molecule has 0 aliphatic heterocycles. The fraction of sp³-hybridized carbons (Fsp3) is 0.765. The predicted molar refractivity (Wildman–Crippen MR) is 82.4 cm³/mol. The van der Waals surface area contributed by atoms with Crippen molar-refractivity contribution in [3.05, 3.63) is 23.0 Å². The molecule has 1 aromatic rings. The van der Waals surface area contributed by atoms with E-state index in [2.05, 4.69) is 52.2 Å². The summed E-state index contributed by atoms with van der Waals surface area (Å²) in [5.41, 5.74) is 11.0. The maximum Gasteiger partial charge on any atom is 0.0394 e. The van der Waals surface area contributed by atoms with Crippen LogP contribution in [0, 0.1) is 12.3 Å². The molecule has 2 N–H and O–H groups in total. The van der Waals surface area contributed by atoms with Crippen LogP contribution in [0.25, 0.3) is 0 Å². The monoisotopic (exact) mass is 262 g/mol. The second-order valence-electron chi connectivity index (χ2n) is 8.07. The molecule has 2 nitrogen and oxygen atoms in total. The first-order valence-electron chi connectivity index (χ1n) is 7.59. The molecule has 0 bridgehead atoms. The highest BCUT2D eigenvalue weighted by atomic mass is 15.1. The molecule has 1 aliphatic carbocycles. The lowest BCUT2D eigenvalue weighted by Gasteiger charge is -2.37. The second kappa shape index (κ2) is 4.66. The van der Waals surface area contributed by atoms with Gasteiger partial charge in [0.05, 0.1) is 0 Å². The van der Waals surface area contributed by atoms with E-state index in [1.165, 1.54) is 36.2 Å². The van der Waals surface area contributed by atoms with Gasteiger partial charge in [0.1, 0.15) is 0 Å². The molecule has 0 radical (unpaired) electrons. The van der Waals surface area contributed by atoms with Crippen LogP contribution in [0.5, 0.6) is 0 Å². The minimum absolute atomic E-state index is 0.160. The number of fused-ring (bicyclic) bond motifs is 1. The summed E-state index contributed by atoms with van der Waals surface area (Å²) in [7, 11) is 0. The fourth-order valence-electron chi connectivity index (χ4n) is 4.16. The highest BCUT2D eigenvalue weighted by molar-refractivity contribution is 5.34. The van der Waals surface area contributed by atoms with Crippen LogP contribution in [0.2, 0.25) is 0 Å². The summed E-state index contributed by atoms with van der Waals surface area (Å²) in [6.07, 6.45) is 4.72. The van der Waals surface area contributed by atoms with Gasteiger partial charge < -0.3 is 10.3 Å². The van der Waals surface area contributed by atoms with Crippen molar-refractivity contribution in [1.29, 1.82) is 0 Å². The number of hydrogen-bond donors (Lipinski definition) is 1. The van der Waals surface area contributed by atoms with Crippen molar-refractivity contribution in [2.45, 2.75) is 78.8 Å². The van der Waals surface area contributed by atoms with Gasteiger partial charge in [-0.3, -0.25) is 0 Å². The van der Waals surface area contributed by atoms with E-state index in [0.717, 1.165) is 6.42 Å². The van der Waals surface area contributed by atoms with E-state index in [1.54, 1.807) is 0 Å². The lowest BCUT2D eigenvalue weighted by molar-refractivity contribution is 0.207. The van der Waals surface area contributed by atoms with Crippen LogP contribution in [-0.4, -0.2) is 4.57 Å². The van der Waals surface area contributed by atoms with Crippen LogP contribution in [0.3, 0.4) is 0 Å². The number of hydrogen-bond acceptors (Lipinski definition) is 1.